The minimum Gasteiger partial charge on any atom is -0.480 e. The molecule has 0 amide bonds. The Balaban J connectivity index is 1.75. The molecular formula is C15H20N6O3S. The van der Waals surface area contributed by atoms with Gasteiger partial charge in [0, 0.05) is 19.2 Å². The molecule has 0 aromatic carbocycles. The monoisotopic (exact) mass is 364 g/mol. The molecule has 9 nitrogen and oxygen atoms in total. The summed E-state index contributed by atoms with van der Waals surface area (Å²) in [5.41, 5.74) is 10.9. The Morgan fingerprint density at radius 1 is 1.20 bits per heavy atom. The van der Waals surface area contributed by atoms with Crippen LogP contribution in [0.4, 0.5) is 5.82 Å². The van der Waals surface area contributed by atoms with Crippen molar-refractivity contribution in [3.8, 4) is 0 Å². The van der Waals surface area contributed by atoms with Crippen molar-refractivity contribution in [3.05, 3.63) is 34.4 Å². The Kier molecular flexibility index (Phi) is 6.92. The van der Waals surface area contributed by atoms with Gasteiger partial charge in [-0.1, -0.05) is 17.4 Å². The molecule has 2 heterocycles. The summed E-state index contributed by atoms with van der Waals surface area (Å²) in [6, 6.07) is 2.87. The Morgan fingerprint density at radius 3 is 2.68 bits per heavy atom. The molecule has 0 saturated heterocycles. The van der Waals surface area contributed by atoms with Gasteiger partial charge in [0.05, 0.1) is 6.04 Å². The van der Waals surface area contributed by atoms with Crippen molar-refractivity contribution < 1.29 is 14.7 Å². The molecule has 2 aromatic rings. The highest BCUT2D eigenvalue weighted by molar-refractivity contribution is 7.13. The lowest BCUT2D eigenvalue weighted by Crippen LogP contribution is -2.51. The second-order valence-electron chi connectivity index (χ2n) is 5.35. The summed E-state index contributed by atoms with van der Waals surface area (Å²) in [6.07, 6.45) is 4.17. The van der Waals surface area contributed by atoms with E-state index >= 15 is 0 Å². The van der Waals surface area contributed by atoms with E-state index in [0.29, 0.717) is 11.4 Å². The molecule has 10 heteroatoms. The molecule has 2 unspecified atom stereocenters. The second-order valence-corrected chi connectivity index (χ2v) is 6.42. The number of nitrogens with two attached hydrogens (primary N) is 2. The predicted molar refractivity (Wildman–Crippen MR) is 93.5 cm³/mol. The number of nitrogens with one attached hydrogen (secondary N) is 1. The van der Waals surface area contributed by atoms with E-state index in [1.165, 1.54) is 0 Å². The standard InChI is InChI=1S/C15H20N6O3S/c16-11(12(17)15(23)24)13(22)14-21-20-10(25-14)6-2-4-8-19-9-5-1-3-7-18-9/h1,3,5,7,11-12H,2,4,6,8,16-17H2,(H,18,19)(H,23,24). The highest BCUT2D eigenvalue weighted by atomic mass is 32.1. The van der Waals surface area contributed by atoms with Crippen molar-refractivity contribution in [1.82, 2.24) is 15.2 Å². The molecule has 0 spiro atoms. The number of aromatic nitrogens is 3. The van der Waals surface area contributed by atoms with Gasteiger partial charge >= 0.3 is 5.97 Å². The van der Waals surface area contributed by atoms with E-state index < -0.39 is 23.8 Å². The molecule has 0 radical (unpaired) electrons. The number of pyridine rings is 1. The van der Waals surface area contributed by atoms with Crippen LogP contribution in [0.3, 0.4) is 0 Å². The number of Topliss-reactive ketones (excluding diaryl/α,β-unsaturated/α-hetero) is 1. The third kappa shape index (κ3) is 5.55. The van der Waals surface area contributed by atoms with Crippen molar-refractivity contribution >= 4 is 28.9 Å². The van der Waals surface area contributed by atoms with Crippen LogP contribution in [-0.2, 0) is 11.2 Å². The smallest absolute Gasteiger partial charge is 0.322 e. The number of hydrogen-bond donors (Lipinski definition) is 4. The Morgan fingerprint density at radius 2 is 2.00 bits per heavy atom. The third-order valence-corrected chi connectivity index (χ3v) is 4.44. The number of ketones is 1. The van der Waals surface area contributed by atoms with E-state index in [2.05, 4.69) is 20.5 Å². The van der Waals surface area contributed by atoms with Gasteiger partial charge in [0.1, 0.15) is 16.9 Å². The number of unbranched alkanes of at least 4 members (excludes halogenated alkanes) is 1. The van der Waals surface area contributed by atoms with Gasteiger partial charge in [0.2, 0.25) is 5.78 Å². The van der Waals surface area contributed by atoms with E-state index in [1.54, 1.807) is 6.20 Å². The van der Waals surface area contributed by atoms with E-state index in [4.69, 9.17) is 16.6 Å². The normalized spacial score (nSPS) is 13.2. The van der Waals surface area contributed by atoms with Crippen molar-refractivity contribution in [3.63, 3.8) is 0 Å². The summed E-state index contributed by atoms with van der Waals surface area (Å²) in [4.78, 5) is 27.0. The molecule has 0 aliphatic carbocycles. The van der Waals surface area contributed by atoms with E-state index in [9.17, 15) is 9.59 Å². The first kappa shape index (κ1) is 18.9. The lowest BCUT2D eigenvalue weighted by molar-refractivity contribution is -0.138. The van der Waals surface area contributed by atoms with Gasteiger partial charge < -0.3 is 21.9 Å². The molecule has 0 aliphatic rings. The molecule has 2 rings (SSSR count). The molecule has 25 heavy (non-hydrogen) atoms. The molecule has 2 aromatic heterocycles. The number of carbonyl (C=O) groups excluding carboxylic acids is 1. The van der Waals surface area contributed by atoms with Crippen LogP contribution in [0.15, 0.2) is 24.4 Å². The fourth-order valence-electron chi connectivity index (χ4n) is 2.00. The molecule has 0 bridgehead atoms. The van der Waals surface area contributed by atoms with Gasteiger partial charge in [-0.15, -0.1) is 10.2 Å². The minimum atomic E-state index is -1.46. The quantitative estimate of drug-likeness (QED) is 0.343. The van der Waals surface area contributed by atoms with Crippen molar-refractivity contribution in [2.75, 3.05) is 11.9 Å². The number of hydrogen-bond acceptors (Lipinski definition) is 9. The molecule has 134 valence electrons. The summed E-state index contributed by atoms with van der Waals surface area (Å²) >= 11 is 1.12. The van der Waals surface area contributed by atoms with Gasteiger partial charge in [-0.2, -0.15) is 0 Å². The summed E-state index contributed by atoms with van der Waals surface area (Å²) in [6.45, 7) is 0.778. The molecule has 0 fully saturated rings. The minimum absolute atomic E-state index is 0.0887. The first-order valence-corrected chi connectivity index (χ1v) is 8.56. The number of anilines is 1. The number of rotatable bonds is 10. The number of aliphatic carboxylic acids is 1. The summed E-state index contributed by atoms with van der Waals surface area (Å²) in [5.74, 6) is -1.10. The van der Waals surface area contributed by atoms with Gasteiger partial charge in [-0.25, -0.2) is 4.98 Å². The maximum absolute atomic E-state index is 12.1. The first-order valence-electron chi connectivity index (χ1n) is 7.74. The zero-order valence-electron chi connectivity index (χ0n) is 13.5. The number of carbonyl (C=O) groups is 2. The van der Waals surface area contributed by atoms with Crippen LogP contribution in [0.1, 0.15) is 27.7 Å². The van der Waals surface area contributed by atoms with E-state index in [-0.39, 0.29) is 5.01 Å². The summed E-state index contributed by atoms with van der Waals surface area (Å²) in [7, 11) is 0. The maximum Gasteiger partial charge on any atom is 0.322 e. The Bertz CT molecular complexity index is 708. The Hall–Kier alpha value is -2.43. The molecule has 2 atom stereocenters. The number of nitrogens with zero attached hydrogens (tertiary/aromatic N) is 3. The molecule has 0 saturated carbocycles. The number of aryl methyl sites for hydroxylation is 1. The number of carboxylic acid groups (broad SMARTS) is 1. The summed E-state index contributed by atoms with van der Waals surface area (Å²) < 4.78 is 0. The SMILES string of the molecule is NC(C(=O)O)C(N)C(=O)c1nnc(CCCCNc2ccccn2)s1. The van der Waals surface area contributed by atoms with E-state index in [1.807, 2.05) is 18.2 Å². The Labute approximate surface area is 148 Å². The molecule has 6 N–H and O–H groups in total. The van der Waals surface area contributed by atoms with Crippen LogP contribution < -0.4 is 16.8 Å². The van der Waals surface area contributed by atoms with Crippen LogP contribution in [-0.4, -0.2) is 50.7 Å². The zero-order valence-corrected chi connectivity index (χ0v) is 14.3. The van der Waals surface area contributed by atoms with Gasteiger partial charge in [0.25, 0.3) is 0 Å². The fraction of sp³-hybridized carbons (Fsp3) is 0.400. The molecule has 0 aliphatic heterocycles. The third-order valence-electron chi connectivity index (χ3n) is 3.44. The van der Waals surface area contributed by atoms with Crippen LogP contribution >= 0.6 is 11.3 Å². The lowest BCUT2D eigenvalue weighted by atomic mass is 10.1. The number of carboxylic acids is 1. The molecular weight excluding hydrogens is 344 g/mol. The fourth-order valence-corrected chi connectivity index (χ4v) is 2.87. The zero-order chi connectivity index (χ0) is 18.2. The van der Waals surface area contributed by atoms with Crippen LogP contribution in [0.2, 0.25) is 0 Å². The second kappa shape index (κ2) is 9.16. The van der Waals surface area contributed by atoms with Gasteiger partial charge in [-0.3, -0.25) is 9.59 Å². The van der Waals surface area contributed by atoms with Crippen molar-refractivity contribution in [1.29, 1.82) is 0 Å². The topological polar surface area (TPSA) is 157 Å². The average molecular weight is 364 g/mol. The maximum atomic E-state index is 12.1. The van der Waals surface area contributed by atoms with Crippen LogP contribution in [0.5, 0.6) is 0 Å². The van der Waals surface area contributed by atoms with E-state index in [0.717, 1.165) is 36.5 Å². The van der Waals surface area contributed by atoms with Gasteiger partial charge in [-0.05, 0) is 25.0 Å². The van der Waals surface area contributed by atoms with Crippen molar-refractivity contribution in [2.45, 2.75) is 31.3 Å². The average Bonchev–Trinajstić information content (AvgIpc) is 3.09. The summed E-state index contributed by atoms with van der Waals surface area (Å²) in [5, 5.41) is 20.5. The highest BCUT2D eigenvalue weighted by Crippen LogP contribution is 2.15. The predicted octanol–water partition coefficient (Wildman–Crippen LogP) is 0.290. The van der Waals surface area contributed by atoms with Gasteiger partial charge in [0.15, 0.2) is 5.01 Å². The highest BCUT2D eigenvalue weighted by Gasteiger charge is 2.30. The lowest BCUT2D eigenvalue weighted by Gasteiger charge is -2.12. The largest absolute Gasteiger partial charge is 0.480 e. The first-order chi connectivity index (χ1) is 12.0. The van der Waals surface area contributed by atoms with Crippen LogP contribution in [0, 0.1) is 0 Å². The van der Waals surface area contributed by atoms with Crippen molar-refractivity contribution in [2.24, 2.45) is 11.5 Å². The van der Waals surface area contributed by atoms with Crippen LogP contribution in [0.25, 0.3) is 0 Å².